The van der Waals surface area contributed by atoms with Crippen LogP contribution in [-0.2, 0) is 11.3 Å². The molecule has 0 spiro atoms. The van der Waals surface area contributed by atoms with Crippen molar-refractivity contribution in [3.8, 4) is 0 Å². The molecule has 2 aromatic rings. The van der Waals surface area contributed by atoms with Crippen molar-refractivity contribution >= 4 is 17.4 Å². The SMILES string of the molecule is Cc1cc(F)cc2c1N(Cc1ccccc1F)C(=O)C2=O. The molecule has 0 unspecified atom stereocenters. The number of hydrogen-bond donors (Lipinski definition) is 0. The van der Waals surface area contributed by atoms with Crippen molar-refractivity contribution in [3.63, 3.8) is 0 Å². The van der Waals surface area contributed by atoms with E-state index in [0.717, 1.165) is 6.07 Å². The zero-order valence-corrected chi connectivity index (χ0v) is 11.2. The van der Waals surface area contributed by atoms with Gasteiger partial charge in [0.15, 0.2) is 0 Å². The first-order valence-electron chi connectivity index (χ1n) is 6.39. The Morgan fingerprint density at radius 3 is 2.52 bits per heavy atom. The number of nitrogens with zero attached hydrogens (tertiary/aromatic N) is 1. The summed E-state index contributed by atoms with van der Waals surface area (Å²) in [5, 5.41) is 0. The van der Waals surface area contributed by atoms with Crippen LogP contribution in [0.15, 0.2) is 36.4 Å². The molecule has 5 heteroatoms. The molecule has 0 atom stereocenters. The largest absolute Gasteiger partial charge is 0.300 e. The van der Waals surface area contributed by atoms with E-state index in [0.29, 0.717) is 16.8 Å². The highest BCUT2D eigenvalue weighted by molar-refractivity contribution is 6.52. The molecule has 2 aromatic carbocycles. The van der Waals surface area contributed by atoms with E-state index in [1.807, 2.05) is 0 Å². The maximum Gasteiger partial charge on any atom is 0.299 e. The lowest BCUT2D eigenvalue weighted by Crippen LogP contribution is -2.29. The number of halogens is 2. The molecule has 3 rings (SSSR count). The summed E-state index contributed by atoms with van der Waals surface area (Å²) >= 11 is 0. The van der Waals surface area contributed by atoms with E-state index in [2.05, 4.69) is 0 Å². The Labute approximate surface area is 119 Å². The summed E-state index contributed by atoms with van der Waals surface area (Å²) in [6, 6.07) is 8.33. The normalized spacial score (nSPS) is 13.8. The number of ketones is 1. The third-order valence-corrected chi connectivity index (χ3v) is 3.51. The van der Waals surface area contributed by atoms with Gasteiger partial charge in [-0.3, -0.25) is 14.5 Å². The van der Waals surface area contributed by atoms with Crippen molar-refractivity contribution in [1.82, 2.24) is 0 Å². The van der Waals surface area contributed by atoms with Gasteiger partial charge in [0.2, 0.25) is 0 Å². The number of carbonyl (C=O) groups excluding carboxylic acids is 2. The smallest absolute Gasteiger partial charge is 0.299 e. The Bertz CT molecular complexity index is 771. The van der Waals surface area contributed by atoms with E-state index >= 15 is 0 Å². The Morgan fingerprint density at radius 1 is 1.10 bits per heavy atom. The first-order chi connectivity index (χ1) is 9.99. The molecule has 0 fully saturated rings. The highest BCUT2D eigenvalue weighted by Gasteiger charge is 2.37. The van der Waals surface area contributed by atoms with Crippen molar-refractivity contribution in [2.45, 2.75) is 13.5 Å². The van der Waals surface area contributed by atoms with Crippen LogP contribution >= 0.6 is 0 Å². The van der Waals surface area contributed by atoms with Gasteiger partial charge in [0.25, 0.3) is 11.7 Å². The Morgan fingerprint density at radius 2 is 1.81 bits per heavy atom. The lowest BCUT2D eigenvalue weighted by molar-refractivity contribution is -0.114. The number of hydrogen-bond acceptors (Lipinski definition) is 2. The van der Waals surface area contributed by atoms with E-state index in [4.69, 9.17) is 0 Å². The molecule has 0 aromatic heterocycles. The van der Waals surface area contributed by atoms with Crippen molar-refractivity contribution < 1.29 is 18.4 Å². The standard InChI is InChI=1S/C16H11F2NO2/c1-9-6-11(17)7-12-14(9)19(16(21)15(12)20)8-10-4-2-3-5-13(10)18/h2-7H,8H2,1H3. The van der Waals surface area contributed by atoms with Crippen molar-refractivity contribution in [1.29, 1.82) is 0 Å². The summed E-state index contributed by atoms with van der Waals surface area (Å²) < 4.78 is 27.1. The van der Waals surface area contributed by atoms with Crippen LogP contribution in [0.2, 0.25) is 0 Å². The van der Waals surface area contributed by atoms with Gasteiger partial charge in [-0.25, -0.2) is 8.78 Å². The molecule has 0 saturated carbocycles. The quantitative estimate of drug-likeness (QED) is 0.796. The minimum Gasteiger partial charge on any atom is -0.300 e. The van der Waals surface area contributed by atoms with Crippen LogP contribution in [-0.4, -0.2) is 11.7 Å². The van der Waals surface area contributed by atoms with Crippen molar-refractivity contribution in [2.75, 3.05) is 4.90 Å². The second kappa shape index (κ2) is 4.77. The highest BCUT2D eigenvalue weighted by Crippen LogP contribution is 2.34. The van der Waals surface area contributed by atoms with Crippen LogP contribution in [0.1, 0.15) is 21.5 Å². The Hall–Kier alpha value is -2.56. The number of rotatable bonds is 2. The molecule has 0 radical (unpaired) electrons. The second-order valence-electron chi connectivity index (χ2n) is 4.93. The Balaban J connectivity index is 2.08. The number of amides is 1. The number of carbonyl (C=O) groups is 2. The van der Waals surface area contributed by atoms with Gasteiger partial charge in [-0.15, -0.1) is 0 Å². The third-order valence-electron chi connectivity index (χ3n) is 3.51. The summed E-state index contributed by atoms with van der Waals surface area (Å²) in [6.45, 7) is 1.55. The molecular weight excluding hydrogens is 276 g/mol. The lowest BCUT2D eigenvalue weighted by Gasteiger charge is -2.18. The molecule has 1 amide bonds. The molecular formula is C16H11F2NO2. The van der Waals surface area contributed by atoms with Crippen LogP contribution in [0.5, 0.6) is 0 Å². The van der Waals surface area contributed by atoms with Crippen LogP contribution in [0, 0.1) is 18.6 Å². The monoisotopic (exact) mass is 287 g/mol. The van der Waals surface area contributed by atoms with Gasteiger partial charge >= 0.3 is 0 Å². The maximum atomic E-state index is 13.7. The van der Waals surface area contributed by atoms with E-state index in [1.165, 1.54) is 17.0 Å². The molecule has 21 heavy (non-hydrogen) atoms. The fourth-order valence-corrected chi connectivity index (χ4v) is 2.55. The summed E-state index contributed by atoms with van der Waals surface area (Å²) in [7, 11) is 0. The minimum atomic E-state index is -0.762. The summed E-state index contributed by atoms with van der Waals surface area (Å²) in [5.74, 6) is -2.54. The predicted molar refractivity (Wildman–Crippen MR) is 73.1 cm³/mol. The zero-order chi connectivity index (χ0) is 15.1. The van der Waals surface area contributed by atoms with E-state index in [9.17, 15) is 18.4 Å². The number of anilines is 1. The molecule has 1 heterocycles. The van der Waals surface area contributed by atoms with E-state index < -0.39 is 23.3 Å². The van der Waals surface area contributed by atoms with Gasteiger partial charge in [0, 0.05) is 5.56 Å². The summed E-state index contributed by atoms with van der Waals surface area (Å²) in [4.78, 5) is 25.2. The minimum absolute atomic E-state index is 0.0360. The van der Waals surface area contributed by atoms with E-state index in [-0.39, 0.29) is 12.1 Å². The van der Waals surface area contributed by atoms with Crippen molar-refractivity contribution in [3.05, 3.63) is 64.7 Å². The molecule has 1 aliphatic heterocycles. The average molecular weight is 287 g/mol. The van der Waals surface area contributed by atoms with Gasteiger partial charge < -0.3 is 0 Å². The number of benzene rings is 2. The van der Waals surface area contributed by atoms with Crippen LogP contribution in [0.25, 0.3) is 0 Å². The number of aryl methyl sites for hydroxylation is 1. The number of Topliss-reactive ketones (excluding diaryl/α,β-unsaturated/α-hetero) is 1. The van der Waals surface area contributed by atoms with Gasteiger partial charge in [-0.1, -0.05) is 18.2 Å². The number of fused-ring (bicyclic) bond motifs is 1. The lowest BCUT2D eigenvalue weighted by atomic mass is 10.1. The predicted octanol–water partition coefficient (Wildman–Crippen LogP) is 3.00. The topological polar surface area (TPSA) is 37.4 Å². The fraction of sp³-hybridized carbons (Fsp3) is 0.125. The van der Waals surface area contributed by atoms with Gasteiger partial charge in [0.05, 0.1) is 17.8 Å². The molecule has 0 N–H and O–H groups in total. The maximum absolute atomic E-state index is 13.7. The van der Waals surface area contributed by atoms with Gasteiger partial charge in [-0.05, 0) is 30.7 Å². The second-order valence-corrected chi connectivity index (χ2v) is 4.93. The first-order valence-corrected chi connectivity index (χ1v) is 6.39. The average Bonchev–Trinajstić information content (AvgIpc) is 2.67. The molecule has 106 valence electrons. The van der Waals surface area contributed by atoms with Crippen LogP contribution in [0.4, 0.5) is 14.5 Å². The highest BCUT2D eigenvalue weighted by atomic mass is 19.1. The Kier molecular flexibility index (Phi) is 3.05. The molecule has 1 aliphatic rings. The summed E-state index contributed by atoms with van der Waals surface area (Å²) in [6.07, 6.45) is 0. The molecule has 0 saturated heterocycles. The fourth-order valence-electron chi connectivity index (χ4n) is 2.55. The molecule has 3 nitrogen and oxygen atoms in total. The van der Waals surface area contributed by atoms with Crippen LogP contribution < -0.4 is 4.90 Å². The van der Waals surface area contributed by atoms with Gasteiger partial charge in [0.1, 0.15) is 11.6 Å². The summed E-state index contributed by atoms with van der Waals surface area (Å²) in [5.41, 5.74) is 1.17. The molecule has 0 aliphatic carbocycles. The van der Waals surface area contributed by atoms with E-state index in [1.54, 1.807) is 25.1 Å². The zero-order valence-electron chi connectivity index (χ0n) is 11.2. The third kappa shape index (κ3) is 2.11. The van der Waals surface area contributed by atoms with Crippen LogP contribution in [0.3, 0.4) is 0 Å². The van der Waals surface area contributed by atoms with Crippen molar-refractivity contribution in [2.24, 2.45) is 0 Å². The first kappa shape index (κ1) is 13.4. The van der Waals surface area contributed by atoms with Gasteiger partial charge in [-0.2, -0.15) is 0 Å². The molecule has 0 bridgehead atoms.